The van der Waals surface area contributed by atoms with E-state index >= 15 is 0 Å². The molecule has 0 radical (unpaired) electrons. The number of hydrogen-bond donors (Lipinski definition) is 4. The van der Waals surface area contributed by atoms with Crippen LogP contribution in [0.5, 0.6) is 0 Å². The second-order valence-corrected chi connectivity index (χ2v) is 14.4. The molecular weight excluding hydrogens is 678 g/mol. The number of ether oxygens (including phenoxy) is 6. The normalized spacial score (nSPS) is 26.8. The van der Waals surface area contributed by atoms with Gasteiger partial charge in [0.05, 0.1) is 64.2 Å². The Morgan fingerprint density at radius 3 is 2.29 bits per heavy atom. The van der Waals surface area contributed by atoms with Crippen LogP contribution in [0.2, 0.25) is 0 Å². The molecule has 3 rings (SSSR count). The number of methoxy groups -OCH3 is 1. The molecular formula is C36H61N5O11. The SMILES string of the molecule is COC1C(OC(=O)NCCOCCOCCNC(=O)CCN(NCC(=O)NCC=O)[C@H](C=O)CC(C)C)CC[C@]2(CO2)C1[C@@]1(C)O[C@@H]1CC=C(C)C. The van der Waals surface area contributed by atoms with Gasteiger partial charge < -0.3 is 54.0 Å². The lowest BCUT2D eigenvalue weighted by Crippen LogP contribution is -2.56. The van der Waals surface area contributed by atoms with Gasteiger partial charge in [-0.05, 0) is 52.4 Å². The third kappa shape index (κ3) is 13.8. The summed E-state index contributed by atoms with van der Waals surface area (Å²) in [5, 5.41) is 9.53. The van der Waals surface area contributed by atoms with Crippen LogP contribution < -0.4 is 21.4 Å². The molecule has 2 saturated heterocycles. The molecule has 1 saturated carbocycles. The van der Waals surface area contributed by atoms with E-state index in [9.17, 15) is 24.0 Å². The highest BCUT2D eigenvalue weighted by Crippen LogP contribution is 2.59. The van der Waals surface area contributed by atoms with Crippen LogP contribution in [-0.4, -0.2) is 144 Å². The predicted octanol–water partition coefficient (Wildman–Crippen LogP) is 1.06. The highest BCUT2D eigenvalue weighted by Gasteiger charge is 2.72. The van der Waals surface area contributed by atoms with E-state index in [1.807, 2.05) is 13.8 Å². The molecule has 16 nitrogen and oxygen atoms in total. The van der Waals surface area contributed by atoms with Gasteiger partial charge in [-0.3, -0.25) is 9.59 Å². The standard InChI is InChI=1S/C36H61N5O11/c1-25(2)7-8-29-35(5,52-29)33-32(47-6)28(9-11-36(33)24-50-36)51-34(46)39-14-18-49-20-19-48-17-13-38-30(44)10-15-41(27(23-43)21-26(3)4)40-22-31(45)37-12-16-42/h7,16,23,26-29,32-33,40H,8-15,17-22,24H2,1-6H3,(H,37,45)(H,38,44)(H,39,46)/t27-,28?,29+,32?,33?,35-,36-/m0/s1. The Bertz CT molecular complexity index is 1200. The summed E-state index contributed by atoms with van der Waals surface area (Å²) in [6, 6.07) is -0.522. The van der Waals surface area contributed by atoms with Crippen molar-refractivity contribution in [3.8, 4) is 0 Å². The van der Waals surface area contributed by atoms with Crippen LogP contribution in [-0.2, 0) is 47.6 Å². The van der Waals surface area contributed by atoms with Crippen molar-refractivity contribution in [2.24, 2.45) is 11.8 Å². The third-order valence-corrected chi connectivity index (χ3v) is 9.63. The molecule has 0 aromatic heterocycles. The topological polar surface area (TPSA) is 199 Å². The molecule has 0 aromatic rings. The Morgan fingerprint density at radius 1 is 1.00 bits per heavy atom. The molecule has 2 heterocycles. The van der Waals surface area contributed by atoms with E-state index in [4.69, 9.17) is 28.4 Å². The molecule has 52 heavy (non-hydrogen) atoms. The number of rotatable bonds is 26. The van der Waals surface area contributed by atoms with Gasteiger partial charge in [-0.15, -0.1) is 0 Å². The van der Waals surface area contributed by atoms with Gasteiger partial charge in [0.2, 0.25) is 11.8 Å². The van der Waals surface area contributed by atoms with Crippen LogP contribution in [0.25, 0.3) is 0 Å². The first-order chi connectivity index (χ1) is 24.9. The van der Waals surface area contributed by atoms with E-state index in [0.717, 1.165) is 19.1 Å². The zero-order chi connectivity index (χ0) is 38.1. The van der Waals surface area contributed by atoms with Crippen LogP contribution in [0.4, 0.5) is 4.79 Å². The lowest BCUT2D eigenvalue weighted by molar-refractivity contribution is -0.125. The minimum atomic E-state index is -0.530. The maximum atomic E-state index is 12.7. The highest BCUT2D eigenvalue weighted by molar-refractivity contribution is 5.80. The van der Waals surface area contributed by atoms with Gasteiger partial charge in [0, 0.05) is 33.2 Å². The second kappa shape index (κ2) is 21.6. The maximum Gasteiger partial charge on any atom is 0.407 e. The number of hydrogen-bond acceptors (Lipinski definition) is 13. The average molecular weight is 740 g/mol. The van der Waals surface area contributed by atoms with Crippen molar-refractivity contribution in [1.29, 1.82) is 0 Å². The minimum Gasteiger partial charge on any atom is -0.443 e. The smallest absolute Gasteiger partial charge is 0.407 e. The molecule has 4 N–H and O–H groups in total. The second-order valence-electron chi connectivity index (χ2n) is 14.4. The number of epoxide rings is 2. The van der Waals surface area contributed by atoms with Gasteiger partial charge in [-0.2, -0.15) is 0 Å². The first-order valence-corrected chi connectivity index (χ1v) is 18.4. The fraction of sp³-hybridized carbons (Fsp3) is 0.806. The summed E-state index contributed by atoms with van der Waals surface area (Å²) in [5.41, 5.74) is 3.46. The van der Waals surface area contributed by atoms with Crippen molar-refractivity contribution in [3.05, 3.63) is 11.6 Å². The largest absolute Gasteiger partial charge is 0.443 e. The predicted molar refractivity (Wildman–Crippen MR) is 190 cm³/mol. The third-order valence-electron chi connectivity index (χ3n) is 9.63. The Labute approximate surface area is 307 Å². The van der Waals surface area contributed by atoms with E-state index in [1.54, 1.807) is 12.1 Å². The molecule has 1 spiro atoms. The zero-order valence-electron chi connectivity index (χ0n) is 31.7. The number of nitrogens with one attached hydrogen (secondary N) is 4. The summed E-state index contributed by atoms with van der Waals surface area (Å²) >= 11 is 0. The van der Waals surface area contributed by atoms with E-state index in [0.29, 0.717) is 38.9 Å². The molecule has 3 fully saturated rings. The summed E-state index contributed by atoms with van der Waals surface area (Å²) in [7, 11) is 1.65. The summed E-state index contributed by atoms with van der Waals surface area (Å²) in [6.45, 7) is 12.6. The molecule has 3 amide bonds. The van der Waals surface area contributed by atoms with Crippen molar-refractivity contribution in [2.75, 3.05) is 72.9 Å². The number of hydrazine groups is 1. The van der Waals surface area contributed by atoms with Crippen LogP contribution in [0.1, 0.15) is 66.7 Å². The first kappa shape index (κ1) is 43.4. The lowest BCUT2D eigenvalue weighted by Gasteiger charge is -2.42. The van der Waals surface area contributed by atoms with Gasteiger partial charge in [-0.25, -0.2) is 15.2 Å². The first-order valence-electron chi connectivity index (χ1n) is 18.4. The van der Waals surface area contributed by atoms with Gasteiger partial charge >= 0.3 is 6.09 Å². The quantitative estimate of drug-likeness (QED) is 0.0323. The number of aldehydes is 2. The molecule has 0 bridgehead atoms. The maximum absolute atomic E-state index is 12.7. The van der Waals surface area contributed by atoms with Crippen molar-refractivity contribution in [2.45, 2.75) is 102 Å². The number of amides is 3. The van der Waals surface area contributed by atoms with Crippen molar-refractivity contribution >= 4 is 30.5 Å². The molecule has 3 unspecified atom stereocenters. The lowest BCUT2D eigenvalue weighted by atomic mass is 9.68. The summed E-state index contributed by atoms with van der Waals surface area (Å²) in [5.74, 6) is -0.456. The van der Waals surface area contributed by atoms with Gasteiger partial charge in [0.1, 0.15) is 36.0 Å². The molecule has 1 aliphatic carbocycles. The van der Waals surface area contributed by atoms with Crippen LogP contribution in [0, 0.1) is 11.8 Å². The minimum absolute atomic E-state index is 0.0470. The molecule has 7 atom stereocenters. The number of nitrogens with zero attached hydrogens (tertiary/aromatic N) is 1. The number of alkyl carbamates (subject to hydrolysis) is 1. The Balaban J connectivity index is 1.26. The average Bonchev–Trinajstić information content (AvgIpc) is 4.03. The van der Waals surface area contributed by atoms with E-state index < -0.39 is 29.7 Å². The van der Waals surface area contributed by atoms with Gasteiger partial charge in [0.25, 0.3) is 0 Å². The van der Waals surface area contributed by atoms with Crippen molar-refractivity contribution < 1.29 is 52.4 Å². The van der Waals surface area contributed by atoms with Gasteiger partial charge in [0.15, 0.2) is 0 Å². The van der Waals surface area contributed by atoms with Crippen LogP contribution >= 0.6 is 0 Å². The van der Waals surface area contributed by atoms with Crippen molar-refractivity contribution in [3.63, 3.8) is 0 Å². The van der Waals surface area contributed by atoms with Crippen LogP contribution in [0.15, 0.2) is 11.6 Å². The molecule has 3 aliphatic rings. The van der Waals surface area contributed by atoms with E-state index in [1.165, 1.54) is 5.57 Å². The fourth-order valence-corrected chi connectivity index (χ4v) is 6.86. The fourth-order valence-electron chi connectivity index (χ4n) is 6.86. The molecule has 296 valence electrons. The molecule has 0 aromatic carbocycles. The summed E-state index contributed by atoms with van der Waals surface area (Å²) < 4.78 is 35.0. The monoisotopic (exact) mass is 739 g/mol. The summed E-state index contributed by atoms with van der Waals surface area (Å²) in [6.07, 6.45) is 5.21. The molecule has 2 aliphatic heterocycles. The zero-order valence-corrected chi connectivity index (χ0v) is 31.7. The highest BCUT2D eigenvalue weighted by atomic mass is 16.6. The Kier molecular flexibility index (Phi) is 18.1. The van der Waals surface area contributed by atoms with Crippen molar-refractivity contribution in [1.82, 2.24) is 26.4 Å². The Morgan fingerprint density at radius 2 is 1.69 bits per heavy atom. The number of carbonyl (C=O) groups is 5. The van der Waals surface area contributed by atoms with Crippen LogP contribution in [0.3, 0.4) is 0 Å². The van der Waals surface area contributed by atoms with Gasteiger partial charge in [-0.1, -0.05) is 25.5 Å². The number of allylic oxidation sites excluding steroid dienone is 1. The Hall–Kier alpha value is -2.99. The van der Waals surface area contributed by atoms with E-state index in [-0.39, 0.29) is 87.9 Å². The molecule has 16 heteroatoms. The van der Waals surface area contributed by atoms with E-state index in [2.05, 4.69) is 48.2 Å². The number of carbonyl (C=O) groups excluding carboxylic acids is 5. The summed E-state index contributed by atoms with van der Waals surface area (Å²) in [4.78, 5) is 59.2.